The van der Waals surface area contributed by atoms with Crippen LogP contribution in [0.2, 0.25) is 0 Å². The molecule has 0 aliphatic heterocycles. The van der Waals surface area contributed by atoms with Crippen molar-refractivity contribution in [2.45, 2.75) is 51.1 Å². The Hall–Kier alpha value is -0.910. The highest BCUT2D eigenvalue weighted by Crippen LogP contribution is 2.23. The van der Waals surface area contributed by atoms with E-state index in [1.165, 1.54) is 6.42 Å². The molecule has 0 saturated heterocycles. The molecule has 6 heteroatoms. The van der Waals surface area contributed by atoms with Gasteiger partial charge in [0.2, 0.25) is 0 Å². The molecule has 5 nitrogen and oxygen atoms in total. The normalized spacial score (nSPS) is 24.5. The number of nitrogens with one attached hydrogen (secondary N) is 2. The topological polar surface area (TPSA) is 81.3 Å². The van der Waals surface area contributed by atoms with Gasteiger partial charge in [0.25, 0.3) is 0 Å². The summed E-state index contributed by atoms with van der Waals surface area (Å²) in [5.41, 5.74) is 0. The van der Waals surface area contributed by atoms with Crippen molar-refractivity contribution in [1.82, 2.24) is 10.6 Å². The molecule has 0 aromatic rings. The number of rotatable bonds is 6. The number of amides is 2. The number of aliphatic carboxylic acids is 1. The summed E-state index contributed by atoms with van der Waals surface area (Å²) in [6.07, 6.45) is 6.69. The number of carbonyl (C=O) groups is 2. The molecule has 0 unspecified atom stereocenters. The van der Waals surface area contributed by atoms with Crippen molar-refractivity contribution >= 4 is 23.8 Å². The summed E-state index contributed by atoms with van der Waals surface area (Å²) in [6, 6.07) is -1.16. The molecule has 2 N–H and O–H groups in total. The average molecular weight is 287 g/mol. The quantitative estimate of drug-likeness (QED) is 0.755. The second-order valence-electron chi connectivity index (χ2n) is 5.14. The average Bonchev–Trinajstić information content (AvgIpc) is 2.37. The Morgan fingerprint density at radius 2 is 2.05 bits per heavy atom. The van der Waals surface area contributed by atoms with Gasteiger partial charge in [0.1, 0.15) is 0 Å². The highest BCUT2D eigenvalue weighted by Gasteiger charge is 2.23. The molecule has 0 spiro atoms. The van der Waals surface area contributed by atoms with Crippen LogP contribution < -0.4 is 15.7 Å². The monoisotopic (exact) mass is 287 g/mol. The van der Waals surface area contributed by atoms with Crippen LogP contribution in [0.5, 0.6) is 0 Å². The number of thioether (sulfide) groups is 1. The molecule has 1 aliphatic carbocycles. The van der Waals surface area contributed by atoms with Crippen molar-refractivity contribution in [3.05, 3.63) is 0 Å². The molecule has 0 aromatic carbocycles. The lowest BCUT2D eigenvalue weighted by Crippen LogP contribution is -2.54. The number of hydrogen-bond acceptors (Lipinski definition) is 4. The van der Waals surface area contributed by atoms with Crippen molar-refractivity contribution < 1.29 is 14.7 Å². The predicted molar refractivity (Wildman–Crippen MR) is 74.9 cm³/mol. The van der Waals surface area contributed by atoms with Gasteiger partial charge >= 0.3 is 6.03 Å². The van der Waals surface area contributed by atoms with Gasteiger partial charge in [-0.25, -0.2) is 4.79 Å². The van der Waals surface area contributed by atoms with Crippen LogP contribution in [0.3, 0.4) is 0 Å². The Bertz CT molecular complexity index is 312. The van der Waals surface area contributed by atoms with E-state index in [0.717, 1.165) is 19.3 Å². The van der Waals surface area contributed by atoms with Crippen molar-refractivity contribution in [2.75, 3.05) is 12.0 Å². The number of urea groups is 1. The minimum absolute atomic E-state index is 0.150. The van der Waals surface area contributed by atoms with Crippen molar-refractivity contribution in [2.24, 2.45) is 5.92 Å². The van der Waals surface area contributed by atoms with Crippen LogP contribution >= 0.6 is 11.8 Å². The second-order valence-corrected chi connectivity index (χ2v) is 6.12. The van der Waals surface area contributed by atoms with Gasteiger partial charge in [-0.2, -0.15) is 11.8 Å². The lowest BCUT2D eigenvalue weighted by molar-refractivity contribution is -0.308. The van der Waals surface area contributed by atoms with Crippen LogP contribution in [0.1, 0.15) is 39.0 Å². The van der Waals surface area contributed by atoms with E-state index in [2.05, 4.69) is 17.6 Å². The second kappa shape index (κ2) is 8.30. The first kappa shape index (κ1) is 16.1. The van der Waals surface area contributed by atoms with Crippen molar-refractivity contribution in [3.8, 4) is 0 Å². The molecule has 3 atom stereocenters. The molecule has 1 fully saturated rings. The molecular weight excluding hydrogens is 264 g/mol. The van der Waals surface area contributed by atoms with Crippen LogP contribution in [0, 0.1) is 5.92 Å². The van der Waals surface area contributed by atoms with Gasteiger partial charge in [0.05, 0.1) is 12.0 Å². The first-order valence-electron chi connectivity index (χ1n) is 6.81. The van der Waals surface area contributed by atoms with Crippen molar-refractivity contribution in [1.29, 1.82) is 0 Å². The fourth-order valence-corrected chi connectivity index (χ4v) is 2.86. The third-order valence-corrected chi connectivity index (χ3v) is 4.27. The van der Waals surface area contributed by atoms with Gasteiger partial charge in [-0.05, 0) is 37.2 Å². The maximum absolute atomic E-state index is 11.8. The SMILES string of the molecule is CSCC[C@@H](NC(=O)N[C@H]1CCCC[C@@H]1C)C(=O)[O-]. The largest absolute Gasteiger partial charge is 0.548 e. The molecule has 0 aromatic heterocycles. The van der Waals surface area contributed by atoms with Gasteiger partial charge in [-0.3, -0.25) is 0 Å². The summed E-state index contributed by atoms with van der Waals surface area (Å²) in [6.45, 7) is 2.12. The first-order chi connectivity index (χ1) is 9.04. The summed E-state index contributed by atoms with van der Waals surface area (Å²) >= 11 is 1.55. The Balaban J connectivity index is 2.40. The number of carboxylic acid groups (broad SMARTS) is 1. The van der Waals surface area contributed by atoms with Gasteiger partial charge in [0, 0.05) is 6.04 Å². The van der Waals surface area contributed by atoms with Crippen LogP contribution in [0.4, 0.5) is 4.79 Å². The van der Waals surface area contributed by atoms with Gasteiger partial charge in [-0.1, -0.05) is 19.8 Å². The molecular formula is C13H23N2O3S-. The fourth-order valence-electron chi connectivity index (χ4n) is 2.38. The zero-order valence-electron chi connectivity index (χ0n) is 11.6. The van der Waals surface area contributed by atoms with E-state index in [-0.39, 0.29) is 6.04 Å². The Morgan fingerprint density at radius 3 is 2.63 bits per heavy atom. The Kier molecular flexibility index (Phi) is 7.05. The standard InChI is InChI=1S/C13H24N2O3S/c1-9-5-3-4-6-10(9)14-13(18)15-11(12(16)17)7-8-19-2/h9-11H,3-8H2,1-2H3,(H,16,17)(H2,14,15,18)/p-1/t9-,10-,11+/m0/s1. The zero-order chi connectivity index (χ0) is 14.3. The Labute approximate surface area is 118 Å². The molecule has 19 heavy (non-hydrogen) atoms. The van der Waals surface area contributed by atoms with Gasteiger partial charge in [0.15, 0.2) is 0 Å². The molecule has 2 amide bonds. The number of hydrogen-bond donors (Lipinski definition) is 2. The summed E-state index contributed by atoms with van der Waals surface area (Å²) < 4.78 is 0. The maximum atomic E-state index is 11.8. The zero-order valence-corrected chi connectivity index (χ0v) is 12.4. The van der Waals surface area contributed by atoms with Crippen LogP contribution in [-0.4, -0.2) is 36.1 Å². The molecule has 110 valence electrons. The van der Waals surface area contributed by atoms with Crippen LogP contribution in [-0.2, 0) is 4.79 Å². The summed E-state index contributed by atoms with van der Waals surface area (Å²) in [7, 11) is 0. The lowest BCUT2D eigenvalue weighted by Gasteiger charge is -2.30. The highest BCUT2D eigenvalue weighted by molar-refractivity contribution is 7.98. The van der Waals surface area contributed by atoms with Gasteiger partial charge < -0.3 is 20.5 Å². The first-order valence-corrected chi connectivity index (χ1v) is 8.20. The lowest BCUT2D eigenvalue weighted by atomic mass is 9.86. The van der Waals surface area contributed by atoms with E-state index in [0.29, 0.717) is 18.1 Å². The maximum Gasteiger partial charge on any atom is 0.315 e. The number of carboxylic acids is 1. The summed E-state index contributed by atoms with van der Waals surface area (Å²) in [5, 5.41) is 16.3. The van der Waals surface area contributed by atoms with Crippen molar-refractivity contribution in [3.63, 3.8) is 0 Å². The minimum Gasteiger partial charge on any atom is -0.548 e. The molecule has 0 radical (unpaired) electrons. The van der Waals surface area contributed by atoms with E-state index < -0.39 is 18.0 Å². The van der Waals surface area contributed by atoms with E-state index in [4.69, 9.17) is 0 Å². The third-order valence-electron chi connectivity index (χ3n) is 3.63. The van der Waals surface area contributed by atoms with E-state index in [1.807, 2.05) is 6.26 Å². The Morgan fingerprint density at radius 1 is 1.37 bits per heavy atom. The minimum atomic E-state index is -1.22. The number of carbonyl (C=O) groups excluding carboxylic acids is 2. The highest BCUT2D eigenvalue weighted by atomic mass is 32.2. The summed E-state index contributed by atoms with van der Waals surface area (Å²) in [4.78, 5) is 22.7. The molecule has 0 bridgehead atoms. The van der Waals surface area contributed by atoms with E-state index >= 15 is 0 Å². The fraction of sp³-hybridized carbons (Fsp3) is 0.846. The van der Waals surface area contributed by atoms with Gasteiger partial charge in [-0.15, -0.1) is 0 Å². The van der Waals surface area contributed by atoms with Crippen LogP contribution in [0.15, 0.2) is 0 Å². The smallest absolute Gasteiger partial charge is 0.315 e. The third kappa shape index (κ3) is 5.72. The molecule has 0 heterocycles. The molecule has 1 aliphatic rings. The predicted octanol–water partition coefficient (Wildman–Crippen LogP) is 0.736. The van der Waals surface area contributed by atoms with Crippen LogP contribution in [0.25, 0.3) is 0 Å². The van der Waals surface area contributed by atoms with E-state index in [9.17, 15) is 14.7 Å². The molecule has 1 saturated carbocycles. The summed E-state index contributed by atoms with van der Waals surface area (Å²) in [5.74, 6) is -0.0911. The molecule has 1 rings (SSSR count). The van der Waals surface area contributed by atoms with E-state index in [1.54, 1.807) is 11.8 Å².